The number of nitro benzene ring substituents is 1. The highest BCUT2D eigenvalue weighted by Crippen LogP contribution is 2.44. The molecular weight excluding hydrogens is 965 g/mol. The highest BCUT2D eigenvalue weighted by molar-refractivity contribution is 5.92. The minimum Gasteiger partial charge on any atom is -0.467 e. The first-order chi connectivity index (χ1) is 35.2. The Morgan fingerprint density at radius 3 is 1.91 bits per heavy atom. The van der Waals surface area contributed by atoms with Gasteiger partial charge in [0.15, 0.2) is 30.2 Å². The summed E-state index contributed by atoms with van der Waals surface area (Å²) in [6.07, 6.45) is -9.05. The fraction of sp³-hybridized carbons (Fsp3) is 0.407. The number of esters is 5. The Hall–Kier alpha value is -8.00. The van der Waals surface area contributed by atoms with E-state index in [4.69, 9.17) is 37.9 Å². The number of hydrogen-bond donors (Lipinski definition) is 1. The lowest BCUT2D eigenvalue weighted by Gasteiger charge is -2.43. The summed E-state index contributed by atoms with van der Waals surface area (Å²) in [4.78, 5) is 114. The number of methoxy groups -OCH3 is 1. The maximum Gasteiger partial charge on any atom is 0.514 e. The number of Topliss-reactive ketones (excluding diaryl/α,β-unsaturated/α-hetero) is 1. The van der Waals surface area contributed by atoms with Gasteiger partial charge in [-0.3, -0.25) is 38.9 Å². The molecule has 74 heavy (non-hydrogen) atoms. The second-order valence-electron chi connectivity index (χ2n) is 18.2. The highest BCUT2D eigenvalue weighted by atomic mass is 16.7. The summed E-state index contributed by atoms with van der Waals surface area (Å²) in [6.45, 7) is 8.05. The van der Waals surface area contributed by atoms with E-state index >= 15 is 0 Å². The van der Waals surface area contributed by atoms with Crippen molar-refractivity contribution < 1.29 is 81.2 Å². The van der Waals surface area contributed by atoms with Crippen molar-refractivity contribution in [3.8, 4) is 16.9 Å². The predicted octanol–water partition coefficient (Wildman–Crippen LogP) is 6.61. The minimum absolute atomic E-state index is 0.0116. The van der Waals surface area contributed by atoms with Gasteiger partial charge < -0.3 is 43.2 Å². The normalized spacial score (nSPS) is 18.6. The number of nitrogens with one attached hydrogen (secondary N) is 1. The van der Waals surface area contributed by atoms with E-state index < -0.39 is 102 Å². The zero-order valence-electron chi connectivity index (χ0n) is 41.9. The molecule has 1 N–H and O–H groups in total. The zero-order chi connectivity index (χ0) is 53.8. The highest BCUT2D eigenvalue weighted by Gasteiger charge is 2.54. The summed E-state index contributed by atoms with van der Waals surface area (Å²) in [6, 6.07) is 24.4. The molecule has 0 unspecified atom stereocenters. The van der Waals surface area contributed by atoms with E-state index in [2.05, 4.69) is 5.32 Å². The van der Waals surface area contributed by atoms with Crippen LogP contribution < -0.4 is 10.1 Å². The van der Waals surface area contributed by atoms with Crippen molar-refractivity contribution >= 4 is 53.4 Å². The average molecular weight is 1020 g/mol. The monoisotopic (exact) mass is 1020 g/mol. The standard InChI is InChI=1S/C54H58N2O18/c1-29(2)43(26-47(61)68-28-44-41-14-10-8-12-39(41)40-13-9-11-15-42(40)44)52(62)55-30(3)45(60)25-34-16-17-36(27-69-54(64)73-38-21-19-37(20-22-38)56(65)66)35(24-34)18-23-46-48(70-31(4)57)49(71-32(5)58)50(72-33(6)59)51(74-46)53(63)67-7/h8-17,19-22,24,29-30,43-44,46,48-51H,18,23,25-28H2,1-7H3,(H,55,62)/t30-,43-,46-,48-,49+,50-,51-/m0/s1. The third kappa shape index (κ3) is 14.1. The number of hydrogen-bond acceptors (Lipinski definition) is 18. The van der Waals surface area contributed by atoms with E-state index in [1.807, 2.05) is 48.5 Å². The Balaban J connectivity index is 1.17. The van der Waals surface area contributed by atoms with E-state index in [-0.39, 0.29) is 55.6 Å². The van der Waals surface area contributed by atoms with Crippen LogP contribution in [-0.2, 0) is 86.2 Å². The minimum atomic E-state index is -1.64. The van der Waals surface area contributed by atoms with Gasteiger partial charge in [0.1, 0.15) is 19.0 Å². The van der Waals surface area contributed by atoms with Gasteiger partial charge in [0, 0.05) is 45.2 Å². The molecule has 7 atom stereocenters. The van der Waals surface area contributed by atoms with Gasteiger partial charge in [-0.1, -0.05) is 80.6 Å². The number of ketones is 1. The van der Waals surface area contributed by atoms with Gasteiger partial charge in [-0.15, -0.1) is 0 Å². The number of benzene rings is 4. The first kappa shape index (κ1) is 55.3. The molecule has 4 aromatic rings. The smallest absolute Gasteiger partial charge is 0.467 e. The van der Waals surface area contributed by atoms with Crippen LogP contribution in [0.3, 0.4) is 0 Å². The third-order valence-electron chi connectivity index (χ3n) is 12.7. The third-order valence-corrected chi connectivity index (χ3v) is 12.7. The van der Waals surface area contributed by atoms with Gasteiger partial charge in [-0.2, -0.15) is 0 Å². The number of aryl methyl sites for hydroxylation is 1. The summed E-state index contributed by atoms with van der Waals surface area (Å²) >= 11 is 0. The molecule has 1 aliphatic carbocycles. The van der Waals surface area contributed by atoms with E-state index in [0.29, 0.717) is 16.7 Å². The number of nitrogens with zero attached hydrogens (tertiary/aromatic N) is 1. The van der Waals surface area contributed by atoms with Gasteiger partial charge in [-0.05, 0) is 76.8 Å². The van der Waals surface area contributed by atoms with Crippen LogP contribution in [0.1, 0.15) is 88.1 Å². The zero-order valence-corrected chi connectivity index (χ0v) is 41.9. The molecule has 0 spiro atoms. The number of ether oxygens (including phenoxy) is 8. The van der Waals surface area contributed by atoms with Gasteiger partial charge >= 0.3 is 36.0 Å². The fourth-order valence-electron chi connectivity index (χ4n) is 9.03. The molecule has 2 aliphatic rings. The second kappa shape index (κ2) is 25.1. The first-order valence-corrected chi connectivity index (χ1v) is 23.9. The van der Waals surface area contributed by atoms with Crippen molar-refractivity contribution in [3.05, 3.63) is 129 Å². The Kier molecular flexibility index (Phi) is 18.8. The van der Waals surface area contributed by atoms with Crippen molar-refractivity contribution in [2.24, 2.45) is 11.8 Å². The van der Waals surface area contributed by atoms with Crippen molar-refractivity contribution in [2.75, 3.05) is 13.7 Å². The van der Waals surface area contributed by atoms with Crippen molar-refractivity contribution in [3.63, 3.8) is 0 Å². The van der Waals surface area contributed by atoms with Crippen LogP contribution in [0.25, 0.3) is 11.1 Å². The van der Waals surface area contributed by atoms with E-state index in [1.54, 1.807) is 32.0 Å². The molecule has 0 radical (unpaired) electrons. The van der Waals surface area contributed by atoms with Gasteiger partial charge in [0.25, 0.3) is 5.69 Å². The van der Waals surface area contributed by atoms with E-state index in [9.17, 15) is 48.5 Å². The van der Waals surface area contributed by atoms with Crippen LogP contribution in [0, 0.1) is 22.0 Å². The molecule has 1 amide bonds. The number of carbonyl (C=O) groups is 8. The summed E-state index contributed by atoms with van der Waals surface area (Å²) in [5.41, 5.74) is 5.35. The van der Waals surface area contributed by atoms with Gasteiger partial charge in [0.05, 0.1) is 36.5 Å². The molecular formula is C54H58N2O18. The molecule has 20 nitrogen and oxygen atoms in total. The van der Waals surface area contributed by atoms with E-state index in [1.165, 1.54) is 19.1 Å². The number of fused-ring (bicyclic) bond motifs is 3. The molecule has 1 fully saturated rings. The molecule has 1 saturated heterocycles. The quantitative estimate of drug-likeness (QED) is 0.0302. The van der Waals surface area contributed by atoms with Gasteiger partial charge in [0.2, 0.25) is 5.91 Å². The lowest BCUT2D eigenvalue weighted by atomic mass is 9.89. The number of rotatable bonds is 21. The Morgan fingerprint density at radius 2 is 1.32 bits per heavy atom. The molecule has 6 rings (SSSR count). The SMILES string of the molecule is COC(=O)[C@H]1O[C@@H](CCc2cc(CC(=O)[C@H](C)NC(=O)[C@@H](CC(=O)OCC3c4ccccc4-c4ccccc43)C(C)C)ccc2COC(=O)Oc2ccc([N+](=O)[O-])cc2)[C@H](OC(C)=O)[C@@H](OC(C)=O)[C@@H]1OC(C)=O. The van der Waals surface area contributed by atoms with Crippen LogP contribution in [0.15, 0.2) is 91.0 Å². The van der Waals surface area contributed by atoms with Crippen LogP contribution in [0.5, 0.6) is 5.75 Å². The maximum absolute atomic E-state index is 13.8. The Morgan fingerprint density at radius 1 is 0.730 bits per heavy atom. The molecule has 0 bridgehead atoms. The molecule has 0 aromatic heterocycles. The van der Waals surface area contributed by atoms with Crippen LogP contribution >= 0.6 is 0 Å². The number of nitro groups is 1. The largest absolute Gasteiger partial charge is 0.514 e. The number of non-ortho nitro benzene ring substituents is 1. The second-order valence-corrected chi connectivity index (χ2v) is 18.2. The van der Waals surface area contributed by atoms with Crippen molar-refractivity contribution in [2.45, 2.75) is 116 Å². The first-order valence-electron chi connectivity index (χ1n) is 23.9. The fourth-order valence-corrected chi connectivity index (χ4v) is 9.03. The van der Waals surface area contributed by atoms with Crippen molar-refractivity contribution in [1.82, 2.24) is 5.32 Å². The lowest BCUT2D eigenvalue weighted by molar-refractivity contribution is -0.384. The summed E-state index contributed by atoms with van der Waals surface area (Å²) < 4.78 is 44.0. The summed E-state index contributed by atoms with van der Waals surface area (Å²) in [5, 5.41) is 13.9. The van der Waals surface area contributed by atoms with Crippen molar-refractivity contribution in [1.29, 1.82) is 0 Å². The maximum atomic E-state index is 13.8. The van der Waals surface area contributed by atoms with Crippen LogP contribution in [-0.4, -0.2) is 103 Å². The topological polar surface area (TPSA) is 266 Å². The molecule has 392 valence electrons. The molecule has 0 saturated carbocycles. The van der Waals surface area contributed by atoms with Crippen LogP contribution in [0.2, 0.25) is 0 Å². The van der Waals surface area contributed by atoms with Crippen LogP contribution in [0.4, 0.5) is 10.5 Å². The molecule has 20 heteroatoms. The lowest BCUT2D eigenvalue weighted by Crippen LogP contribution is -2.63. The van der Waals surface area contributed by atoms with Gasteiger partial charge in [-0.25, -0.2) is 9.59 Å². The number of amides is 1. The summed E-state index contributed by atoms with van der Waals surface area (Å²) in [5.74, 6) is -6.30. The molecule has 1 heterocycles. The Bertz CT molecular complexity index is 2710. The van der Waals surface area contributed by atoms with E-state index in [0.717, 1.165) is 62.3 Å². The molecule has 4 aromatic carbocycles. The predicted molar refractivity (Wildman–Crippen MR) is 260 cm³/mol. The average Bonchev–Trinajstić information content (AvgIpc) is 3.67. The number of carbonyl (C=O) groups excluding carboxylic acids is 8. The molecule has 1 aliphatic heterocycles. The Labute approximate surface area is 426 Å². The summed E-state index contributed by atoms with van der Waals surface area (Å²) in [7, 11) is 1.07.